The van der Waals surface area contributed by atoms with Crippen LogP contribution in [0.15, 0.2) is 18.2 Å². The van der Waals surface area contributed by atoms with Crippen LogP contribution in [-0.4, -0.2) is 36.6 Å². The Hall–Kier alpha value is -1.35. The molecule has 1 heterocycles. The predicted octanol–water partition coefficient (Wildman–Crippen LogP) is 2.04. The zero-order chi connectivity index (χ0) is 12.5. The molecule has 0 saturated carbocycles. The minimum absolute atomic E-state index is 0.152. The highest BCUT2D eigenvalue weighted by Gasteiger charge is 2.26. The molecule has 2 aliphatic rings. The molecular formula is C15H19NO2. The summed E-state index contributed by atoms with van der Waals surface area (Å²) in [6.07, 6.45) is 3.51. The number of carbonyl (C=O) groups is 1. The molecule has 0 spiro atoms. The lowest BCUT2D eigenvalue weighted by Crippen LogP contribution is -2.44. The number of aryl methyl sites for hydroxylation is 1. The standard InChI is InChI=1S/C15H19NO2/c1-11-10-16(8-9-18-11)15(17)14-7-3-5-12-4-2-6-13(12)14/h3,5,7,11H,2,4,6,8-10H2,1H3/t11-/m1/s1. The largest absolute Gasteiger partial charge is 0.375 e. The van der Waals surface area contributed by atoms with Gasteiger partial charge in [0, 0.05) is 18.7 Å². The molecule has 3 nitrogen and oxygen atoms in total. The van der Waals surface area contributed by atoms with Gasteiger partial charge in [-0.2, -0.15) is 0 Å². The third-order valence-corrected chi connectivity index (χ3v) is 3.90. The summed E-state index contributed by atoms with van der Waals surface area (Å²) in [5, 5.41) is 0. The number of morpholine rings is 1. The molecule has 1 aromatic rings. The fourth-order valence-electron chi connectivity index (χ4n) is 2.99. The van der Waals surface area contributed by atoms with E-state index in [9.17, 15) is 4.79 Å². The van der Waals surface area contributed by atoms with Crippen molar-refractivity contribution < 1.29 is 9.53 Å². The highest BCUT2D eigenvalue weighted by Crippen LogP contribution is 2.26. The third-order valence-electron chi connectivity index (χ3n) is 3.90. The predicted molar refractivity (Wildman–Crippen MR) is 69.8 cm³/mol. The lowest BCUT2D eigenvalue weighted by atomic mass is 10.0. The summed E-state index contributed by atoms with van der Waals surface area (Å²) < 4.78 is 5.49. The van der Waals surface area contributed by atoms with Crippen LogP contribution in [0.5, 0.6) is 0 Å². The van der Waals surface area contributed by atoms with E-state index in [0.717, 1.165) is 18.4 Å². The molecule has 0 bridgehead atoms. The minimum atomic E-state index is 0.152. The SMILES string of the molecule is C[C@@H]1CN(C(=O)c2cccc3c2CCC3)CCO1. The van der Waals surface area contributed by atoms with Crippen molar-refractivity contribution in [2.24, 2.45) is 0 Å². The molecule has 0 radical (unpaired) electrons. The Morgan fingerprint density at radius 1 is 1.39 bits per heavy atom. The first-order chi connectivity index (χ1) is 8.75. The molecule has 0 aromatic heterocycles. The summed E-state index contributed by atoms with van der Waals surface area (Å²) in [4.78, 5) is 14.5. The van der Waals surface area contributed by atoms with E-state index in [1.807, 2.05) is 24.0 Å². The van der Waals surface area contributed by atoms with E-state index in [1.54, 1.807) is 0 Å². The number of amides is 1. The van der Waals surface area contributed by atoms with Crippen LogP contribution >= 0.6 is 0 Å². The zero-order valence-corrected chi connectivity index (χ0v) is 10.8. The first-order valence-corrected chi connectivity index (χ1v) is 6.77. The number of hydrogen-bond acceptors (Lipinski definition) is 2. The lowest BCUT2D eigenvalue weighted by molar-refractivity contribution is -0.0124. The molecule has 0 N–H and O–H groups in total. The van der Waals surface area contributed by atoms with Gasteiger partial charge in [0.2, 0.25) is 0 Å². The molecule has 1 saturated heterocycles. The summed E-state index contributed by atoms with van der Waals surface area (Å²) in [5.41, 5.74) is 3.56. The second-order valence-corrected chi connectivity index (χ2v) is 5.23. The van der Waals surface area contributed by atoms with Crippen molar-refractivity contribution in [2.75, 3.05) is 19.7 Å². The number of carbonyl (C=O) groups excluding carboxylic acids is 1. The molecule has 1 aliphatic heterocycles. The van der Waals surface area contributed by atoms with E-state index in [1.165, 1.54) is 17.5 Å². The van der Waals surface area contributed by atoms with Crippen LogP contribution in [0.25, 0.3) is 0 Å². The van der Waals surface area contributed by atoms with Crippen molar-refractivity contribution in [1.29, 1.82) is 0 Å². The Morgan fingerprint density at radius 2 is 2.28 bits per heavy atom. The molecule has 3 rings (SSSR count). The number of rotatable bonds is 1. The molecular weight excluding hydrogens is 226 g/mol. The molecule has 3 heteroatoms. The highest BCUT2D eigenvalue weighted by atomic mass is 16.5. The molecule has 18 heavy (non-hydrogen) atoms. The van der Waals surface area contributed by atoms with Crippen molar-refractivity contribution in [3.8, 4) is 0 Å². The van der Waals surface area contributed by atoms with Crippen LogP contribution in [0.3, 0.4) is 0 Å². The first kappa shape index (κ1) is 11.7. The molecule has 96 valence electrons. The Bertz CT molecular complexity index is 470. The fourth-order valence-corrected chi connectivity index (χ4v) is 2.99. The van der Waals surface area contributed by atoms with Crippen LogP contribution in [0.2, 0.25) is 0 Å². The van der Waals surface area contributed by atoms with E-state index >= 15 is 0 Å². The second-order valence-electron chi connectivity index (χ2n) is 5.23. The Kier molecular flexibility index (Phi) is 3.08. The highest BCUT2D eigenvalue weighted by molar-refractivity contribution is 5.96. The Balaban J connectivity index is 1.86. The average Bonchev–Trinajstić information content (AvgIpc) is 2.86. The average molecular weight is 245 g/mol. The molecule has 1 amide bonds. The van der Waals surface area contributed by atoms with Crippen LogP contribution in [0.1, 0.15) is 34.8 Å². The molecule has 0 unspecified atom stereocenters. The van der Waals surface area contributed by atoms with E-state index in [4.69, 9.17) is 4.74 Å². The van der Waals surface area contributed by atoms with Gasteiger partial charge in [0.15, 0.2) is 0 Å². The van der Waals surface area contributed by atoms with Gasteiger partial charge >= 0.3 is 0 Å². The molecule has 1 atom stereocenters. The van der Waals surface area contributed by atoms with Gasteiger partial charge in [-0.25, -0.2) is 0 Å². The maximum Gasteiger partial charge on any atom is 0.254 e. The summed E-state index contributed by atoms with van der Waals surface area (Å²) in [5.74, 6) is 0.184. The minimum Gasteiger partial charge on any atom is -0.375 e. The lowest BCUT2D eigenvalue weighted by Gasteiger charge is -2.31. The maximum atomic E-state index is 12.6. The normalized spacial score (nSPS) is 22.9. The smallest absolute Gasteiger partial charge is 0.254 e. The Labute approximate surface area is 108 Å². The van der Waals surface area contributed by atoms with E-state index in [0.29, 0.717) is 19.7 Å². The van der Waals surface area contributed by atoms with Crippen molar-refractivity contribution in [1.82, 2.24) is 4.90 Å². The quantitative estimate of drug-likeness (QED) is 0.757. The molecule has 1 aromatic carbocycles. The van der Waals surface area contributed by atoms with Crippen LogP contribution in [0, 0.1) is 0 Å². The summed E-state index contributed by atoms with van der Waals surface area (Å²) in [6, 6.07) is 6.15. The van der Waals surface area contributed by atoms with Gasteiger partial charge in [-0.15, -0.1) is 0 Å². The van der Waals surface area contributed by atoms with Crippen LogP contribution in [0.4, 0.5) is 0 Å². The van der Waals surface area contributed by atoms with E-state index < -0.39 is 0 Å². The number of ether oxygens (including phenoxy) is 1. The van der Waals surface area contributed by atoms with Gasteiger partial charge in [0.25, 0.3) is 5.91 Å². The third kappa shape index (κ3) is 2.03. The van der Waals surface area contributed by atoms with Gasteiger partial charge in [-0.05, 0) is 43.4 Å². The first-order valence-electron chi connectivity index (χ1n) is 6.77. The van der Waals surface area contributed by atoms with Gasteiger partial charge < -0.3 is 9.64 Å². The number of fused-ring (bicyclic) bond motifs is 1. The van der Waals surface area contributed by atoms with Crippen molar-refractivity contribution >= 4 is 5.91 Å². The van der Waals surface area contributed by atoms with Gasteiger partial charge in [0.1, 0.15) is 0 Å². The van der Waals surface area contributed by atoms with E-state index in [2.05, 4.69) is 6.07 Å². The van der Waals surface area contributed by atoms with Crippen molar-refractivity contribution in [3.63, 3.8) is 0 Å². The fraction of sp³-hybridized carbons (Fsp3) is 0.533. The summed E-state index contributed by atoms with van der Waals surface area (Å²) in [6.45, 7) is 4.10. The molecule has 1 aliphatic carbocycles. The zero-order valence-electron chi connectivity index (χ0n) is 10.8. The van der Waals surface area contributed by atoms with Crippen LogP contribution < -0.4 is 0 Å². The van der Waals surface area contributed by atoms with Crippen LogP contribution in [-0.2, 0) is 17.6 Å². The number of hydrogen-bond donors (Lipinski definition) is 0. The summed E-state index contributed by atoms with van der Waals surface area (Å²) in [7, 11) is 0. The second kappa shape index (κ2) is 4.73. The molecule has 1 fully saturated rings. The monoisotopic (exact) mass is 245 g/mol. The maximum absolute atomic E-state index is 12.6. The van der Waals surface area contributed by atoms with Crippen molar-refractivity contribution in [3.05, 3.63) is 34.9 Å². The summed E-state index contributed by atoms with van der Waals surface area (Å²) >= 11 is 0. The van der Waals surface area contributed by atoms with Crippen molar-refractivity contribution in [2.45, 2.75) is 32.3 Å². The Morgan fingerprint density at radius 3 is 3.11 bits per heavy atom. The van der Waals surface area contributed by atoms with Gasteiger partial charge in [-0.1, -0.05) is 12.1 Å². The number of benzene rings is 1. The number of nitrogens with zero attached hydrogens (tertiary/aromatic N) is 1. The topological polar surface area (TPSA) is 29.5 Å². The van der Waals surface area contributed by atoms with Gasteiger partial charge in [-0.3, -0.25) is 4.79 Å². The van der Waals surface area contributed by atoms with E-state index in [-0.39, 0.29) is 12.0 Å². The van der Waals surface area contributed by atoms with Gasteiger partial charge in [0.05, 0.1) is 12.7 Å².